The highest BCUT2D eigenvalue weighted by atomic mass is 35.5. The predicted octanol–water partition coefficient (Wildman–Crippen LogP) is 5.49. The van der Waals surface area contributed by atoms with E-state index in [9.17, 15) is 4.79 Å². The fourth-order valence-corrected chi connectivity index (χ4v) is 3.27. The summed E-state index contributed by atoms with van der Waals surface area (Å²) in [6.07, 6.45) is 0. The van der Waals surface area contributed by atoms with Gasteiger partial charge in [0, 0.05) is 5.56 Å². The van der Waals surface area contributed by atoms with E-state index < -0.39 is 10.4 Å². The van der Waals surface area contributed by atoms with Crippen LogP contribution >= 0.6 is 23.2 Å². The Morgan fingerprint density at radius 2 is 1.24 bits per heavy atom. The first-order valence-electron chi connectivity index (χ1n) is 7.93. The summed E-state index contributed by atoms with van der Waals surface area (Å²) < 4.78 is -1.31. The van der Waals surface area contributed by atoms with Crippen molar-refractivity contribution in [2.45, 2.75) is 10.4 Å². The van der Waals surface area contributed by atoms with Crippen molar-refractivity contribution in [3.05, 3.63) is 108 Å². The molecule has 0 aliphatic carbocycles. The molecule has 0 saturated heterocycles. The number of hydrogen-bond donors (Lipinski definition) is 1. The molecule has 0 radical (unpaired) electrons. The van der Waals surface area contributed by atoms with E-state index in [0.29, 0.717) is 5.56 Å². The van der Waals surface area contributed by atoms with Gasteiger partial charge in [0.1, 0.15) is 0 Å². The second-order valence-corrected chi connectivity index (χ2v) is 7.06. The van der Waals surface area contributed by atoms with Gasteiger partial charge in [-0.05, 0) is 23.3 Å². The van der Waals surface area contributed by atoms with Crippen LogP contribution in [0.2, 0.25) is 0 Å². The van der Waals surface area contributed by atoms with Crippen molar-refractivity contribution < 1.29 is 4.79 Å². The molecule has 1 N–H and O–H groups in total. The van der Waals surface area contributed by atoms with E-state index in [0.717, 1.165) is 11.1 Å². The van der Waals surface area contributed by atoms with Crippen LogP contribution in [0.5, 0.6) is 0 Å². The summed E-state index contributed by atoms with van der Waals surface area (Å²) >= 11 is 13.5. The number of rotatable bonds is 5. The van der Waals surface area contributed by atoms with Gasteiger partial charge in [0.05, 0.1) is 6.04 Å². The lowest BCUT2D eigenvalue weighted by molar-refractivity contribution is 0.0932. The smallest absolute Gasteiger partial charge is 0.251 e. The van der Waals surface area contributed by atoms with E-state index >= 15 is 0 Å². The monoisotopic (exact) mass is 369 g/mol. The van der Waals surface area contributed by atoms with Crippen LogP contribution in [-0.4, -0.2) is 5.91 Å². The molecule has 0 unspecified atom stereocenters. The molecule has 0 fully saturated rings. The Hall–Kier alpha value is -2.29. The van der Waals surface area contributed by atoms with Crippen LogP contribution in [0.1, 0.15) is 27.5 Å². The minimum absolute atomic E-state index is 0.226. The highest BCUT2D eigenvalue weighted by molar-refractivity contribution is 6.48. The van der Waals surface area contributed by atoms with Crippen molar-refractivity contribution >= 4 is 29.1 Å². The summed E-state index contributed by atoms with van der Waals surface area (Å²) in [5.41, 5.74) is 2.11. The molecule has 1 amide bonds. The molecular weight excluding hydrogens is 353 g/mol. The third-order valence-electron chi connectivity index (χ3n) is 3.97. The van der Waals surface area contributed by atoms with E-state index in [-0.39, 0.29) is 5.91 Å². The number of alkyl halides is 2. The van der Waals surface area contributed by atoms with Gasteiger partial charge in [0.2, 0.25) is 0 Å². The number of amides is 1. The number of halogens is 2. The van der Waals surface area contributed by atoms with E-state index in [1.54, 1.807) is 12.1 Å². The Morgan fingerprint density at radius 1 is 0.760 bits per heavy atom. The molecule has 1 atom stereocenters. The van der Waals surface area contributed by atoms with Crippen LogP contribution in [0.4, 0.5) is 0 Å². The van der Waals surface area contributed by atoms with E-state index in [1.807, 2.05) is 78.9 Å². The largest absolute Gasteiger partial charge is 0.342 e. The molecule has 0 saturated carbocycles. The zero-order valence-corrected chi connectivity index (χ0v) is 14.9. The lowest BCUT2D eigenvalue weighted by Gasteiger charge is -2.31. The molecular formula is C21H17Cl2NO. The molecule has 3 rings (SSSR count). The molecule has 0 spiro atoms. The SMILES string of the molecule is O=C(N[C@H](c1ccccc1)C(Cl)(Cl)c1ccccc1)c1ccccc1. The van der Waals surface area contributed by atoms with Crippen molar-refractivity contribution in [3.63, 3.8) is 0 Å². The predicted molar refractivity (Wildman–Crippen MR) is 103 cm³/mol. The number of hydrogen-bond acceptors (Lipinski definition) is 1. The lowest BCUT2D eigenvalue weighted by atomic mass is 9.97. The van der Waals surface area contributed by atoms with Crippen molar-refractivity contribution in [3.8, 4) is 0 Å². The third-order valence-corrected chi connectivity index (χ3v) is 4.84. The van der Waals surface area contributed by atoms with Crippen molar-refractivity contribution in [2.75, 3.05) is 0 Å². The Kier molecular flexibility index (Phi) is 5.42. The van der Waals surface area contributed by atoms with Gasteiger partial charge < -0.3 is 5.32 Å². The first-order chi connectivity index (χ1) is 12.1. The molecule has 126 valence electrons. The molecule has 3 aromatic carbocycles. The summed E-state index contributed by atoms with van der Waals surface area (Å²) in [6, 6.07) is 27.2. The van der Waals surface area contributed by atoms with Crippen molar-refractivity contribution in [1.82, 2.24) is 5.32 Å². The highest BCUT2D eigenvalue weighted by Gasteiger charge is 2.39. The topological polar surface area (TPSA) is 29.1 Å². The Morgan fingerprint density at radius 3 is 1.80 bits per heavy atom. The average molecular weight is 370 g/mol. The van der Waals surface area contributed by atoms with E-state index in [4.69, 9.17) is 23.2 Å². The average Bonchev–Trinajstić information content (AvgIpc) is 2.68. The standard InChI is InChI=1S/C21H17Cl2NO/c22-21(23,18-14-8-3-9-15-18)19(16-10-4-1-5-11-16)24-20(25)17-12-6-2-7-13-17/h1-15,19H,(H,24,25)/t19-/m1/s1. The lowest BCUT2D eigenvalue weighted by Crippen LogP contribution is -2.38. The second-order valence-electron chi connectivity index (χ2n) is 5.67. The summed E-state index contributed by atoms with van der Waals surface area (Å²) in [4.78, 5) is 12.7. The molecule has 0 aromatic heterocycles. The second kappa shape index (κ2) is 7.73. The van der Waals surface area contributed by atoms with Gasteiger partial charge in [-0.3, -0.25) is 4.79 Å². The van der Waals surface area contributed by atoms with Crippen molar-refractivity contribution in [1.29, 1.82) is 0 Å². The molecule has 4 heteroatoms. The number of nitrogens with one attached hydrogen (secondary N) is 1. The van der Waals surface area contributed by atoms with E-state index in [2.05, 4.69) is 5.32 Å². The highest BCUT2D eigenvalue weighted by Crippen LogP contribution is 2.45. The zero-order valence-electron chi connectivity index (χ0n) is 13.4. The summed E-state index contributed by atoms with van der Waals surface area (Å²) in [5, 5.41) is 2.99. The molecule has 0 aliphatic heterocycles. The van der Waals surface area contributed by atoms with E-state index in [1.165, 1.54) is 0 Å². The zero-order chi connectivity index (χ0) is 17.7. The van der Waals surface area contributed by atoms with Crippen LogP contribution in [-0.2, 0) is 4.33 Å². The quantitative estimate of drug-likeness (QED) is 0.592. The van der Waals surface area contributed by atoms with Gasteiger partial charge in [-0.25, -0.2) is 0 Å². The first-order valence-corrected chi connectivity index (χ1v) is 8.69. The molecule has 0 bridgehead atoms. The minimum Gasteiger partial charge on any atom is -0.342 e. The molecule has 3 aromatic rings. The molecule has 2 nitrogen and oxygen atoms in total. The maximum Gasteiger partial charge on any atom is 0.251 e. The summed E-state index contributed by atoms with van der Waals surface area (Å²) in [6.45, 7) is 0. The van der Waals surface area contributed by atoms with Crippen LogP contribution in [0, 0.1) is 0 Å². The van der Waals surface area contributed by atoms with Gasteiger partial charge in [0.15, 0.2) is 4.33 Å². The van der Waals surface area contributed by atoms with Crippen LogP contribution in [0.25, 0.3) is 0 Å². The van der Waals surface area contributed by atoms with Crippen LogP contribution in [0.3, 0.4) is 0 Å². The molecule has 0 aliphatic rings. The van der Waals surface area contributed by atoms with Gasteiger partial charge in [-0.1, -0.05) is 102 Å². The maximum absolute atomic E-state index is 12.7. The maximum atomic E-state index is 12.7. The summed E-state index contributed by atoms with van der Waals surface area (Å²) in [5.74, 6) is -0.226. The Balaban J connectivity index is 1.98. The van der Waals surface area contributed by atoms with Gasteiger partial charge in [0.25, 0.3) is 5.91 Å². The minimum atomic E-state index is -1.31. The number of benzene rings is 3. The summed E-state index contributed by atoms with van der Waals surface area (Å²) in [7, 11) is 0. The Labute approximate surface area is 157 Å². The van der Waals surface area contributed by atoms with Crippen molar-refractivity contribution in [2.24, 2.45) is 0 Å². The first kappa shape index (κ1) is 17.5. The third kappa shape index (κ3) is 4.04. The Bertz CT molecular complexity index is 820. The van der Waals surface area contributed by atoms with Crippen LogP contribution in [0.15, 0.2) is 91.0 Å². The van der Waals surface area contributed by atoms with Crippen LogP contribution < -0.4 is 5.32 Å². The fourth-order valence-electron chi connectivity index (χ4n) is 2.66. The van der Waals surface area contributed by atoms with Gasteiger partial charge in [-0.15, -0.1) is 0 Å². The number of carbonyl (C=O) groups excluding carboxylic acids is 1. The fraction of sp³-hybridized carbons (Fsp3) is 0.0952. The number of carbonyl (C=O) groups is 1. The van der Waals surface area contributed by atoms with Gasteiger partial charge >= 0.3 is 0 Å². The molecule has 0 heterocycles. The molecule has 25 heavy (non-hydrogen) atoms. The van der Waals surface area contributed by atoms with Gasteiger partial charge in [-0.2, -0.15) is 0 Å². The normalized spacial score (nSPS) is 12.4.